The number of allylic oxidation sites excluding steroid dienone is 3. The maximum absolute atomic E-state index is 13.7. The molecule has 6 aromatic rings. The predicted octanol–water partition coefficient (Wildman–Crippen LogP) is 6.34. The highest BCUT2D eigenvalue weighted by Gasteiger charge is 2.21. The van der Waals surface area contributed by atoms with Gasteiger partial charge in [0.05, 0.1) is 30.4 Å². The second-order valence-corrected chi connectivity index (χ2v) is 13.0. The molecule has 0 saturated heterocycles. The lowest BCUT2D eigenvalue weighted by Crippen LogP contribution is -2.20. The van der Waals surface area contributed by atoms with Crippen LogP contribution in [0.3, 0.4) is 0 Å². The van der Waals surface area contributed by atoms with E-state index in [0.717, 1.165) is 29.7 Å². The van der Waals surface area contributed by atoms with Crippen LogP contribution < -0.4 is 31.2 Å². The van der Waals surface area contributed by atoms with E-state index in [2.05, 4.69) is 32.6 Å². The van der Waals surface area contributed by atoms with E-state index in [4.69, 9.17) is 20.2 Å². The van der Waals surface area contributed by atoms with Gasteiger partial charge in [0.1, 0.15) is 34.5 Å². The van der Waals surface area contributed by atoms with Crippen LogP contribution in [0, 0.1) is 6.92 Å². The zero-order valence-electron chi connectivity index (χ0n) is 32.2. The Bertz CT molecular complexity index is 2460. The van der Waals surface area contributed by atoms with Crippen molar-refractivity contribution < 1.29 is 23.9 Å². The van der Waals surface area contributed by atoms with Gasteiger partial charge in [0, 0.05) is 55.6 Å². The maximum atomic E-state index is 13.7. The number of nitrogens with one attached hydrogen (secondary N) is 3. The topological polar surface area (TPSA) is 185 Å². The minimum atomic E-state index is -0.583. The zero-order valence-corrected chi connectivity index (χ0v) is 32.2. The molecule has 0 aliphatic heterocycles. The summed E-state index contributed by atoms with van der Waals surface area (Å²) in [5.41, 5.74) is 12.6. The molecule has 15 heteroatoms. The van der Waals surface area contributed by atoms with Gasteiger partial charge < -0.3 is 35.0 Å². The van der Waals surface area contributed by atoms with Gasteiger partial charge in [0.15, 0.2) is 0 Å². The van der Waals surface area contributed by atoms with Crippen LogP contribution in [0.15, 0.2) is 79.0 Å². The van der Waals surface area contributed by atoms with Crippen molar-refractivity contribution in [3.8, 4) is 11.5 Å². The van der Waals surface area contributed by atoms with Gasteiger partial charge in [0.25, 0.3) is 5.91 Å². The van der Waals surface area contributed by atoms with Crippen LogP contribution in [0.2, 0.25) is 0 Å². The van der Waals surface area contributed by atoms with Gasteiger partial charge >= 0.3 is 0 Å². The number of rotatable bonds is 18. The normalized spacial score (nSPS) is 11.3. The first-order valence-electron chi connectivity index (χ1n) is 18.3. The highest BCUT2D eigenvalue weighted by molar-refractivity contribution is 6.03. The van der Waals surface area contributed by atoms with E-state index < -0.39 is 5.91 Å². The summed E-state index contributed by atoms with van der Waals surface area (Å²) in [4.78, 5) is 47.2. The van der Waals surface area contributed by atoms with E-state index in [1.165, 1.54) is 7.11 Å². The van der Waals surface area contributed by atoms with E-state index in [1.807, 2.05) is 66.3 Å². The fourth-order valence-electron chi connectivity index (χ4n) is 6.42. The lowest BCUT2D eigenvalue weighted by atomic mass is 10.1. The SMILES string of the molecule is C=C(CC)Nc1ccc(CCOc2cc(C=O)cc3nc(NC(=O)c4cc(C)nn4CC)n(C/C=C/Cn4c(NC)nc5cc(C(N)=O)cc(OC)c54)c23)cc1. The number of carbonyl (C=O) groups excluding carboxylic acids is 3. The fraction of sp³-hybridized carbons (Fsp3) is 0.268. The monoisotopic (exact) mass is 758 g/mol. The van der Waals surface area contributed by atoms with E-state index in [9.17, 15) is 14.4 Å². The van der Waals surface area contributed by atoms with E-state index in [-0.39, 0.29) is 24.0 Å². The zero-order chi connectivity index (χ0) is 39.9. The summed E-state index contributed by atoms with van der Waals surface area (Å²) in [5.74, 6) is 0.769. The van der Waals surface area contributed by atoms with Gasteiger partial charge in [-0.1, -0.05) is 37.8 Å². The quantitative estimate of drug-likeness (QED) is 0.0570. The Hall–Kier alpha value is -6.90. The molecule has 290 valence electrons. The summed E-state index contributed by atoms with van der Waals surface area (Å²) in [5, 5.41) is 13.8. The number of benzene rings is 3. The molecule has 3 aromatic heterocycles. The highest BCUT2D eigenvalue weighted by atomic mass is 16.5. The third-order valence-electron chi connectivity index (χ3n) is 9.25. The molecule has 15 nitrogen and oxygen atoms in total. The van der Waals surface area contributed by atoms with Crippen molar-refractivity contribution in [1.82, 2.24) is 28.9 Å². The molecule has 0 unspecified atom stereocenters. The molecule has 0 saturated carbocycles. The van der Waals surface area contributed by atoms with Crippen LogP contribution in [0.4, 0.5) is 17.6 Å². The number of primary amides is 1. The predicted molar refractivity (Wildman–Crippen MR) is 218 cm³/mol. The molecule has 0 bridgehead atoms. The average molecular weight is 759 g/mol. The Kier molecular flexibility index (Phi) is 11.8. The molecule has 2 amide bonds. The van der Waals surface area contributed by atoms with Crippen LogP contribution in [0.1, 0.15) is 62.7 Å². The number of anilines is 3. The van der Waals surface area contributed by atoms with Crippen molar-refractivity contribution in [2.75, 3.05) is 36.7 Å². The summed E-state index contributed by atoms with van der Waals surface area (Å²) >= 11 is 0. The molecule has 0 fully saturated rings. The second kappa shape index (κ2) is 17.1. The number of ether oxygens (including phenoxy) is 2. The number of carbonyl (C=O) groups is 3. The lowest BCUT2D eigenvalue weighted by Gasteiger charge is -2.13. The molecule has 0 radical (unpaired) electrons. The second-order valence-electron chi connectivity index (χ2n) is 13.0. The maximum Gasteiger partial charge on any atom is 0.276 e. The summed E-state index contributed by atoms with van der Waals surface area (Å²) in [6.45, 7) is 11.3. The van der Waals surface area contributed by atoms with Gasteiger partial charge in [-0.2, -0.15) is 5.10 Å². The van der Waals surface area contributed by atoms with Gasteiger partial charge in [-0.3, -0.25) is 24.4 Å². The molecule has 56 heavy (non-hydrogen) atoms. The molecular weight excluding hydrogens is 713 g/mol. The number of fused-ring (bicyclic) bond motifs is 2. The third-order valence-corrected chi connectivity index (χ3v) is 9.25. The average Bonchev–Trinajstić information content (AvgIpc) is 3.88. The van der Waals surface area contributed by atoms with Gasteiger partial charge in [-0.05, 0) is 68.3 Å². The number of nitrogens with two attached hydrogens (primary N) is 1. The summed E-state index contributed by atoms with van der Waals surface area (Å²) in [6.07, 6.45) is 6.08. The van der Waals surface area contributed by atoms with Gasteiger partial charge in [0.2, 0.25) is 17.8 Å². The van der Waals surface area contributed by atoms with Crippen LogP contribution in [-0.4, -0.2) is 67.7 Å². The first-order valence-corrected chi connectivity index (χ1v) is 18.3. The van der Waals surface area contributed by atoms with Crippen LogP contribution >= 0.6 is 0 Å². The molecule has 0 aliphatic carbocycles. The smallest absolute Gasteiger partial charge is 0.276 e. The van der Waals surface area contributed by atoms with Gasteiger partial charge in [-0.15, -0.1) is 0 Å². The van der Waals surface area contributed by atoms with Gasteiger partial charge in [-0.25, -0.2) is 9.97 Å². The van der Waals surface area contributed by atoms with Crippen molar-refractivity contribution in [3.63, 3.8) is 0 Å². The molecular formula is C41H46N10O5. The molecule has 0 atom stereocenters. The Labute approximate surface area is 324 Å². The first-order chi connectivity index (χ1) is 27.1. The van der Waals surface area contributed by atoms with Crippen LogP contribution in [0.5, 0.6) is 11.5 Å². The minimum Gasteiger partial charge on any atom is -0.494 e. The number of hydrogen-bond donors (Lipinski definition) is 4. The van der Waals surface area contributed by atoms with Crippen molar-refractivity contribution >= 4 is 57.8 Å². The molecule has 3 heterocycles. The van der Waals surface area contributed by atoms with Crippen molar-refractivity contribution in [2.24, 2.45) is 5.73 Å². The Balaban J connectivity index is 1.33. The number of amides is 2. The summed E-state index contributed by atoms with van der Waals surface area (Å²) in [7, 11) is 3.28. The number of methoxy groups -OCH3 is 1. The van der Waals surface area contributed by atoms with E-state index in [0.29, 0.717) is 82.6 Å². The number of aldehydes is 1. The number of nitrogens with zero attached hydrogens (tertiary/aromatic N) is 6. The number of aryl methyl sites for hydroxylation is 2. The first kappa shape index (κ1) is 38.8. The largest absolute Gasteiger partial charge is 0.494 e. The molecule has 5 N–H and O–H groups in total. The fourth-order valence-corrected chi connectivity index (χ4v) is 6.42. The van der Waals surface area contributed by atoms with Crippen molar-refractivity contribution in [2.45, 2.75) is 53.2 Å². The van der Waals surface area contributed by atoms with E-state index in [1.54, 1.807) is 42.1 Å². The Morgan fingerprint density at radius 2 is 1.59 bits per heavy atom. The van der Waals surface area contributed by atoms with Crippen LogP contribution in [0.25, 0.3) is 22.1 Å². The molecule has 0 spiro atoms. The molecule has 0 aliphatic rings. The Morgan fingerprint density at radius 1 is 0.911 bits per heavy atom. The highest BCUT2D eigenvalue weighted by Crippen LogP contribution is 2.33. The molecule has 6 rings (SSSR count). The van der Waals surface area contributed by atoms with Crippen molar-refractivity contribution in [3.05, 3.63) is 107 Å². The number of aromatic nitrogens is 6. The summed E-state index contributed by atoms with van der Waals surface area (Å²) < 4.78 is 17.4. The number of hydrogen-bond acceptors (Lipinski definition) is 10. The standard InChI is InChI=1S/C41H46N10O5/c1-7-25(3)44-30-13-11-27(12-14-30)15-18-56-35-21-28(24-52)20-31-37(35)50(41(46-31)47-39(54)33-19-26(4)48-51(33)8-2)17-10-9-16-49-36-32(45-40(49)43-5)22-29(38(42)53)23-34(36)55-6/h9-14,19-24,44H,3,7-8,15-18H2,1-2,4-6H3,(H2,42,53)(H,43,45)(H,46,47,54)/b10-9+. The Morgan fingerprint density at radius 3 is 2.23 bits per heavy atom. The summed E-state index contributed by atoms with van der Waals surface area (Å²) in [6, 6.07) is 16.4. The third kappa shape index (κ3) is 8.26. The molecule has 3 aromatic carbocycles. The van der Waals surface area contributed by atoms with Crippen molar-refractivity contribution in [1.29, 1.82) is 0 Å². The lowest BCUT2D eigenvalue weighted by molar-refractivity contribution is 0.0995. The van der Waals surface area contributed by atoms with E-state index >= 15 is 0 Å². The van der Waals surface area contributed by atoms with Crippen LogP contribution in [-0.2, 0) is 26.1 Å². The minimum absolute atomic E-state index is 0.269. The number of imidazole rings is 2.